The van der Waals surface area contributed by atoms with Gasteiger partial charge >= 0.3 is 5.97 Å². The third-order valence-corrected chi connectivity index (χ3v) is 3.14. The third kappa shape index (κ3) is 3.43. The lowest BCUT2D eigenvalue weighted by Crippen LogP contribution is -2.32. The van der Waals surface area contributed by atoms with Gasteiger partial charge in [-0.15, -0.1) is 0 Å². The van der Waals surface area contributed by atoms with Crippen LogP contribution in [0.25, 0.3) is 0 Å². The molecule has 5 nitrogen and oxygen atoms in total. The first-order valence-corrected chi connectivity index (χ1v) is 5.93. The lowest BCUT2D eigenvalue weighted by atomic mass is 9.96. The number of ether oxygens (including phenoxy) is 2. The molecule has 92 valence electrons. The van der Waals surface area contributed by atoms with Gasteiger partial charge in [0.25, 0.3) is 0 Å². The summed E-state index contributed by atoms with van der Waals surface area (Å²) < 4.78 is 11.0. The molecule has 0 aromatic heterocycles. The van der Waals surface area contributed by atoms with Gasteiger partial charge in [0.1, 0.15) is 0 Å². The van der Waals surface area contributed by atoms with E-state index in [0.29, 0.717) is 12.5 Å². The van der Waals surface area contributed by atoms with Crippen molar-refractivity contribution in [2.24, 2.45) is 5.92 Å². The molecule has 3 unspecified atom stereocenters. The maximum absolute atomic E-state index is 10.5. The summed E-state index contributed by atoms with van der Waals surface area (Å²) in [5, 5.41) is 12.0. The SMILES string of the molecule is O=C(O)CC1COC(CC2CCCNC2)O1. The zero-order valence-corrected chi connectivity index (χ0v) is 9.35. The fourth-order valence-electron chi connectivity index (χ4n) is 2.33. The van der Waals surface area contributed by atoms with Crippen molar-refractivity contribution >= 4 is 5.97 Å². The van der Waals surface area contributed by atoms with Crippen molar-refractivity contribution in [3.05, 3.63) is 0 Å². The van der Waals surface area contributed by atoms with E-state index in [0.717, 1.165) is 19.5 Å². The average Bonchev–Trinajstić information content (AvgIpc) is 2.66. The first kappa shape index (κ1) is 11.8. The van der Waals surface area contributed by atoms with Gasteiger partial charge in [-0.3, -0.25) is 4.79 Å². The fourth-order valence-corrected chi connectivity index (χ4v) is 2.33. The van der Waals surface area contributed by atoms with Crippen molar-refractivity contribution in [2.45, 2.75) is 38.1 Å². The van der Waals surface area contributed by atoms with Crippen LogP contribution in [-0.2, 0) is 14.3 Å². The van der Waals surface area contributed by atoms with Crippen LogP contribution in [-0.4, -0.2) is 43.2 Å². The van der Waals surface area contributed by atoms with Crippen LogP contribution in [0.4, 0.5) is 0 Å². The zero-order chi connectivity index (χ0) is 11.4. The Bertz CT molecular complexity index is 240. The largest absolute Gasteiger partial charge is 0.481 e. The summed E-state index contributed by atoms with van der Waals surface area (Å²) in [6.07, 6.45) is 2.87. The van der Waals surface area contributed by atoms with Crippen molar-refractivity contribution in [1.29, 1.82) is 0 Å². The fraction of sp³-hybridized carbons (Fsp3) is 0.909. The Morgan fingerprint density at radius 1 is 1.50 bits per heavy atom. The molecule has 0 spiro atoms. The first-order chi connectivity index (χ1) is 7.74. The topological polar surface area (TPSA) is 67.8 Å². The second kappa shape index (κ2) is 5.61. The van der Waals surface area contributed by atoms with Gasteiger partial charge in [0, 0.05) is 6.42 Å². The van der Waals surface area contributed by atoms with E-state index in [-0.39, 0.29) is 18.8 Å². The molecule has 0 amide bonds. The molecule has 2 rings (SSSR count). The molecule has 2 N–H and O–H groups in total. The highest BCUT2D eigenvalue weighted by molar-refractivity contribution is 5.67. The molecular weight excluding hydrogens is 210 g/mol. The van der Waals surface area contributed by atoms with E-state index in [9.17, 15) is 4.79 Å². The summed E-state index contributed by atoms with van der Waals surface area (Å²) >= 11 is 0. The zero-order valence-electron chi connectivity index (χ0n) is 9.35. The molecule has 5 heteroatoms. The minimum absolute atomic E-state index is 0.0411. The molecule has 3 atom stereocenters. The summed E-state index contributed by atoms with van der Waals surface area (Å²) in [7, 11) is 0. The number of rotatable bonds is 4. The standard InChI is InChI=1S/C11H19NO4/c13-10(14)5-9-7-15-11(16-9)4-8-2-1-3-12-6-8/h8-9,11-12H,1-7H2,(H,13,14). The second-order valence-electron chi connectivity index (χ2n) is 4.57. The van der Waals surface area contributed by atoms with Gasteiger partial charge in [0.2, 0.25) is 0 Å². The van der Waals surface area contributed by atoms with E-state index in [1.807, 2.05) is 0 Å². The van der Waals surface area contributed by atoms with Gasteiger partial charge in [0.05, 0.1) is 19.1 Å². The summed E-state index contributed by atoms with van der Waals surface area (Å²) in [4.78, 5) is 10.5. The van der Waals surface area contributed by atoms with Crippen LogP contribution in [0.1, 0.15) is 25.7 Å². The highest BCUT2D eigenvalue weighted by atomic mass is 16.7. The summed E-state index contributed by atoms with van der Waals surface area (Å²) in [6, 6.07) is 0. The molecule has 0 saturated carbocycles. The summed E-state index contributed by atoms with van der Waals surface area (Å²) in [5.74, 6) is -0.226. The van der Waals surface area contributed by atoms with Crippen molar-refractivity contribution < 1.29 is 19.4 Å². The van der Waals surface area contributed by atoms with Gasteiger partial charge in [-0.2, -0.15) is 0 Å². The number of nitrogens with one attached hydrogen (secondary N) is 1. The van der Waals surface area contributed by atoms with Gasteiger partial charge < -0.3 is 19.9 Å². The molecule has 0 aliphatic carbocycles. The summed E-state index contributed by atoms with van der Waals surface area (Å²) in [6.45, 7) is 2.54. The molecule has 2 heterocycles. The predicted octanol–water partition coefficient (Wildman–Crippen LogP) is 0.592. The Hall–Kier alpha value is -0.650. The third-order valence-electron chi connectivity index (χ3n) is 3.14. The molecule has 2 saturated heterocycles. The van der Waals surface area contributed by atoms with Crippen LogP contribution in [0.5, 0.6) is 0 Å². The Morgan fingerprint density at radius 2 is 2.38 bits per heavy atom. The lowest BCUT2D eigenvalue weighted by Gasteiger charge is -2.24. The Balaban J connectivity index is 1.69. The molecule has 16 heavy (non-hydrogen) atoms. The van der Waals surface area contributed by atoms with Crippen LogP contribution in [0, 0.1) is 5.92 Å². The number of carboxylic acid groups (broad SMARTS) is 1. The van der Waals surface area contributed by atoms with E-state index < -0.39 is 5.97 Å². The number of aliphatic carboxylic acids is 1. The molecule has 2 aliphatic rings. The average molecular weight is 229 g/mol. The predicted molar refractivity (Wildman–Crippen MR) is 57.1 cm³/mol. The quantitative estimate of drug-likeness (QED) is 0.738. The number of hydrogen-bond donors (Lipinski definition) is 2. The molecule has 0 radical (unpaired) electrons. The van der Waals surface area contributed by atoms with Crippen molar-refractivity contribution in [2.75, 3.05) is 19.7 Å². The van der Waals surface area contributed by atoms with Crippen molar-refractivity contribution in [3.8, 4) is 0 Å². The Labute approximate surface area is 95.1 Å². The first-order valence-electron chi connectivity index (χ1n) is 5.93. The van der Waals surface area contributed by atoms with Gasteiger partial charge in [-0.25, -0.2) is 0 Å². The summed E-state index contributed by atoms with van der Waals surface area (Å²) in [5.41, 5.74) is 0. The smallest absolute Gasteiger partial charge is 0.306 e. The van der Waals surface area contributed by atoms with Gasteiger partial charge in [-0.1, -0.05) is 0 Å². The van der Waals surface area contributed by atoms with Gasteiger partial charge in [-0.05, 0) is 31.8 Å². The molecular formula is C11H19NO4. The lowest BCUT2D eigenvalue weighted by molar-refractivity contribution is -0.140. The van der Waals surface area contributed by atoms with Crippen LogP contribution < -0.4 is 5.32 Å². The molecule has 0 aromatic carbocycles. The van der Waals surface area contributed by atoms with Crippen LogP contribution in [0.3, 0.4) is 0 Å². The minimum Gasteiger partial charge on any atom is -0.481 e. The molecule has 0 aromatic rings. The van der Waals surface area contributed by atoms with Crippen LogP contribution >= 0.6 is 0 Å². The highest BCUT2D eigenvalue weighted by Gasteiger charge is 2.30. The number of carbonyl (C=O) groups is 1. The minimum atomic E-state index is -0.825. The van der Waals surface area contributed by atoms with E-state index in [2.05, 4.69) is 5.32 Å². The highest BCUT2D eigenvalue weighted by Crippen LogP contribution is 2.23. The van der Waals surface area contributed by atoms with Crippen LogP contribution in [0.15, 0.2) is 0 Å². The van der Waals surface area contributed by atoms with Crippen molar-refractivity contribution in [3.63, 3.8) is 0 Å². The monoisotopic (exact) mass is 229 g/mol. The van der Waals surface area contributed by atoms with Crippen molar-refractivity contribution in [1.82, 2.24) is 5.32 Å². The van der Waals surface area contributed by atoms with E-state index >= 15 is 0 Å². The Morgan fingerprint density at radius 3 is 3.06 bits per heavy atom. The second-order valence-corrected chi connectivity index (χ2v) is 4.57. The number of hydrogen-bond acceptors (Lipinski definition) is 4. The molecule has 0 bridgehead atoms. The number of carboxylic acids is 1. The van der Waals surface area contributed by atoms with Crippen LogP contribution in [0.2, 0.25) is 0 Å². The van der Waals surface area contributed by atoms with E-state index in [1.54, 1.807) is 0 Å². The van der Waals surface area contributed by atoms with E-state index in [4.69, 9.17) is 14.6 Å². The number of piperidine rings is 1. The molecule has 2 fully saturated rings. The maximum Gasteiger partial charge on any atom is 0.306 e. The molecule has 2 aliphatic heterocycles. The van der Waals surface area contributed by atoms with Gasteiger partial charge in [0.15, 0.2) is 6.29 Å². The Kier molecular flexibility index (Phi) is 4.15. The normalized spacial score (nSPS) is 35.1. The van der Waals surface area contributed by atoms with E-state index in [1.165, 1.54) is 12.8 Å². The maximum atomic E-state index is 10.5.